The van der Waals surface area contributed by atoms with E-state index < -0.39 is 8.07 Å². The van der Waals surface area contributed by atoms with Gasteiger partial charge in [0.15, 0.2) is 0 Å². The van der Waals surface area contributed by atoms with Crippen LogP contribution in [-0.4, -0.2) is 18.9 Å². The maximum atomic E-state index is 10.1. The first-order valence-corrected chi connectivity index (χ1v) is 11.5. The molecular formula is C22H21NOSi. The second kappa shape index (κ2) is 5.43. The Morgan fingerprint density at radius 1 is 0.960 bits per heavy atom. The number of hydrogen-bond acceptors (Lipinski definition) is 2. The summed E-state index contributed by atoms with van der Waals surface area (Å²) in [5.41, 5.74) is 6.67. The van der Waals surface area contributed by atoms with E-state index in [-0.39, 0.29) is 0 Å². The van der Waals surface area contributed by atoms with Crippen molar-refractivity contribution in [1.29, 1.82) is 5.41 Å². The summed E-state index contributed by atoms with van der Waals surface area (Å²) >= 11 is 0. The van der Waals surface area contributed by atoms with E-state index in [1.807, 2.05) is 18.2 Å². The lowest BCUT2D eigenvalue weighted by molar-refractivity contribution is 0.475. The Morgan fingerprint density at radius 3 is 2.48 bits per heavy atom. The molecule has 0 aromatic heterocycles. The number of rotatable bonds is 1. The van der Waals surface area contributed by atoms with Gasteiger partial charge in [-0.3, -0.25) is 0 Å². The molecule has 0 unspecified atom stereocenters. The van der Waals surface area contributed by atoms with Crippen LogP contribution in [0.3, 0.4) is 0 Å². The van der Waals surface area contributed by atoms with Gasteiger partial charge in [-0.15, -0.1) is 0 Å². The smallest absolute Gasteiger partial charge is 0.115 e. The molecule has 0 bridgehead atoms. The molecule has 0 spiro atoms. The molecule has 4 rings (SSSR count). The van der Waals surface area contributed by atoms with Crippen LogP contribution >= 0.6 is 0 Å². The van der Waals surface area contributed by atoms with E-state index in [0.29, 0.717) is 11.5 Å². The third kappa shape index (κ3) is 2.35. The van der Waals surface area contributed by atoms with E-state index in [1.54, 1.807) is 6.07 Å². The van der Waals surface area contributed by atoms with Gasteiger partial charge in [0, 0.05) is 0 Å². The van der Waals surface area contributed by atoms with Crippen LogP contribution in [0.5, 0.6) is 5.75 Å². The van der Waals surface area contributed by atoms with Crippen molar-refractivity contribution in [2.45, 2.75) is 20.0 Å². The van der Waals surface area contributed by atoms with Crippen molar-refractivity contribution in [2.75, 3.05) is 0 Å². The van der Waals surface area contributed by atoms with Gasteiger partial charge in [0.25, 0.3) is 0 Å². The van der Waals surface area contributed by atoms with Crippen LogP contribution in [0.4, 0.5) is 0 Å². The second-order valence-corrected chi connectivity index (χ2v) is 11.6. The van der Waals surface area contributed by atoms with Gasteiger partial charge < -0.3 is 10.5 Å². The van der Waals surface area contributed by atoms with Gasteiger partial charge in [0.05, 0.1) is 5.71 Å². The lowest BCUT2D eigenvalue weighted by atomic mass is 9.88. The summed E-state index contributed by atoms with van der Waals surface area (Å²) in [5.74, 6) is 0.314. The number of phenolic OH excluding ortho intramolecular Hbond substituents is 1. The molecule has 3 heteroatoms. The molecule has 2 nitrogen and oxygen atoms in total. The third-order valence-electron chi connectivity index (χ3n) is 5.32. The molecular weight excluding hydrogens is 322 g/mol. The van der Waals surface area contributed by atoms with Gasteiger partial charge in [-0.2, -0.15) is 0 Å². The van der Waals surface area contributed by atoms with Gasteiger partial charge in [0.1, 0.15) is 13.8 Å². The lowest BCUT2D eigenvalue weighted by Gasteiger charge is -2.38. The molecule has 0 radical (unpaired) electrons. The lowest BCUT2D eigenvalue weighted by Crippen LogP contribution is -2.49. The Labute approximate surface area is 149 Å². The molecule has 0 amide bonds. The van der Waals surface area contributed by atoms with Gasteiger partial charge in [-0.1, -0.05) is 49.5 Å². The van der Waals surface area contributed by atoms with Gasteiger partial charge >= 0.3 is 0 Å². The fourth-order valence-electron chi connectivity index (χ4n) is 3.98. The number of nitrogens with one attached hydrogen (secondary N) is 1. The van der Waals surface area contributed by atoms with Crippen molar-refractivity contribution >= 4 is 24.5 Å². The zero-order chi connectivity index (χ0) is 17.8. The van der Waals surface area contributed by atoms with E-state index in [9.17, 15) is 5.11 Å². The highest BCUT2D eigenvalue weighted by Crippen LogP contribution is 2.42. The first-order chi connectivity index (χ1) is 11.9. The molecule has 25 heavy (non-hydrogen) atoms. The molecule has 124 valence electrons. The summed E-state index contributed by atoms with van der Waals surface area (Å²) < 4.78 is 0. The molecule has 0 atom stereocenters. The van der Waals surface area contributed by atoms with E-state index in [2.05, 4.69) is 56.4 Å². The monoisotopic (exact) mass is 343 g/mol. The van der Waals surface area contributed by atoms with Gasteiger partial charge in [-0.05, 0) is 69.4 Å². The first kappa shape index (κ1) is 15.9. The van der Waals surface area contributed by atoms with Crippen molar-refractivity contribution in [3.05, 3.63) is 88.2 Å². The second-order valence-electron chi connectivity index (χ2n) is 7.31. The van der Waals surface area contributed by atoms with Gasteiger partial charge in [-0.25, -0.2) is 0 Å². The first-order valence-electron chi connectivity index (χ1n) is 8.53. The molecule has 0 saturated heterocycles. The number of benzene rings is 2. The topological polar surface area (TPSA) is 44.1 Å². The van der Waals surface area contributed by atoms with Crippen LogP contribution in [0.2, 0.25) is 13.1 Å². The van der Waals surface area contributed by atoms with Crippen LogP contribution in [0.1, 0.15) is 16.7 Å². The minimum absolute atomic E-state index is 0.314. The van der Waals surface area contributed by atoms with E-state index in [1.165, 1.54) is 38.2 Å². The molecule has 0 fully saturated rings. The number of aromatic hydroxyl groups is 1. The number of hydrogen-bond donors (Lipinski definition) is 2. The standard InChI is InChI=1S/C22H21NOSi/c1-14-6-4-5-7-17(14)22-18-10-8-15(23)12-20(18)25(2,3)21-13-16(24)9-11-19(21)22/h4-13,23-24H,1-3H3. The maximum Gasteiger partial charge on any atom is 0.115 e. The summed E-state index contributed by atoms with van der Waals surface area (Å²) in [4.78, 5) is 0. The van der Waals surface area contributed by atoms with Crippen LogP contribution in [0, 0.1) is 12.3 Å². The zero-order valence-corrected chi connectivity index (χ0v) is 15.7. The zero-order valence-electron chi connectivity index (χ0n) is 14.7. The predicted octanol–water partition coefficient (Wildman–Crippen LogP) is 4.49. The summed E-state index contributed by atoms with van der Waals surface area (Å²) in [6.07, 6.45) is 6.00. The molecule has 2 aliphatic rings. The fourth-order valence-corrected chi connectivity index (χ4v) is 7.06. The Kier molecular flexibility index (Phi) is 3.44. The average Bonchev–Trinajstić information content (AvgIpc) is 2.58. The Hall–Kier alpha value is -2.65. The maximum absolute atomic E-state index is 10.1. The Morgan fingerprint density at radius 2 is 1.72 bits per heavy atom. The van der Waals surface area contributed by atoms with E-state index >= 15 is 0 Å². The summed E-state index contributed by atoms with van der Waals surface area (Å²) in [7, 11) is -1.99. The van der Waals surface area contributed by atoms with Crippen molar-refractivity contribution in [3.63, 3.8) is 0 Å². The highest BCUT2D eigenvalue weighted by Gasteiger charge is 2.39. The van der Waals surface area contributed by atoms with Crippen LogP contribution in [-0.2, 0) is 0 Å². The van der Waals surface area contributed by atoms with E-state index in [4.69, 9.17) is 5.41 Å². The average molecular weight is 344 g/mol. The summed E-state index contributed by atoms with van der Waals surface area (Å²) in [6.45, 7) is 6.74. The Balaban J connectivity index is 2.14. The molecule has 2 aromatic carbocycles. The number of allylic oxidation sites excluding steroid dienone is 5. The van der Waals surface area contributed by atoms with Crippen LogP contribution in [0.25, 0.3) is 5.57 Å². The third-order valence-corrected chi connectivity index (χ3v) is 8.84. The highest BCUT2D eigenvalue weighted by atomic mass is 28.3. The quantitative estimate of drug-likeness (QED) is 0.736. The van der Waals surface area contributed by atoms with Crippen molar-refractivity contribution in [2.24, 2.45) is 0 Å². The predicted molar refractivity (Wildman–Crippen MR) is 107 cm³/mol. The Bertz CT molecular complexity index is 1010. The molecule has 1 aliphatic heterocycles. The summed E-state index contributed by atoms with van der Waals surface area (Å²) in [6, 6.07) is 14.2. The normalized spacial score (nSPS) is 17.9. The molecule has 0 saturated carbocycles. The molecule has 1 heterocycles. The van der Waals surface area contributed by atoms with E-state index in [0.717, 1.165) is 0 Å². The van der Waals surface area contributed by atoms with Crippen LogP contribution in [0.15, 0.2) is 71.5 Å². The van der Waals surface area contributed by atoms with Crippen molar-refractivity contribution in [3.8, 4) is 5.75 Å². The molecule has 1 aliphatic carbocycles. The number of aryl methyl sites for hydroxylation is 1. The summed E-state index contributed by atoms with van der Waals surface area (Å²) in [5, 5.41) is 20.7. The molecule has 2 aromatic rings. The molecule has 2 N–H and O–H groups in total. The number of phenols is 1. The minimum atomic E-state index is -1.99. The highest BCUT2D eigenvalue weighted by molar-refractivity contribution is 6.98. The number of fused-ring (bicyclic) bond motifs is 2. The minimum Gasteiger partial charge on any atom is -0.508 e. The fraction of sp³-hybridized carbons (Fsp3) is 0.136. The van der Waals surface area contributed by atoms with Crippen molar-refractivity contribution < 1.29 is 5.11 Å². The SMILES string of the molecule is Cc1ccccc1C1=C2C=CC(=N)C=C2[Si](C)(C)c2cc(O)ccc21. The van der Waals surface area contributed by atoms with Crippen LogP contribution < -0.4 is 5.19 Å². The van der Waals surface area contributed by atoms with Gasteiger partial charge in [0.2, 0.25) is 0 Å². The van der Waals surface area contributed by atoms with Crippen molar-refractivity contribution in [1.82, 2.24) is 0 Å². The largest absolute Gasteiger partial charge is 0.508 e.